The van der Waals surface area contributed by atoms with Crippen LogP contribution in [-0.4, -0.2) is 31.5 Å². The van der Waals surface area contributed by atoms with E-state index in [1.165, 1.54) is 24.1 Å². The zero-order valence-corrected chi connectivity index (χ0v) is 10.9. The van der Waals surface area contributed by atoms with Crippen LogP contribution in [0, 0.1) is 0 Å². The predicted octanol–water partition coefficient (Wildman–Crippen LogP) is 1.45. The Morgan fingerprint density at radius 2 is 2.16 bits per heavy atom. The molecule has 0 aliphatic heterocycles. The van der Waals surface area contributed by atoms with E-state index in [2.05, 4.69) is 25.6 Å². The van der Waals surface area contributed by atoms with Crippen LogP contribution in [0.15, 0.2) is 18.7 Å². The van der Waals surface area contributed by atoms with Crippen molar-refractivity contribution in [2.45, 2.75) is 38.6 Å². The number of fused-ring (bicyclic) bond motifs is 1. The Hall–Kier alpha value is -1.98. The second kappa shape index (κ2) is 5.77. The molecule has 0 unspecified atom stereocenters. The molecule has 100 valence electrons. The summed E-state index contributed by atoms with van der Waals surface area (Å²) >= 11 is 0. The van der Waals surface area contributed by atoms with Crippen molar-refractivity contribution < 1.29 is 0 Å². The lowest BCUT2D eigenvalue weighted by molar-refractivity contribution is 0.569. The van der Waals surface area contributed by atoms with E-state index >= 15 is 0 Å². The van der Waals surface area contributed by atoms with Gasteiger partial charge in [-0.3, -0.25) is 4.68 Å². The molecule has 0 amide bonds. The van der Waals surface area contributed by atoms with Crippen LogP contribution in [0.2, 0.25) is 0 Å². The highest BCUT2D eigenvalue weighted by atomic mass is 15.4. The SMILES string of the molecule is c1cn(CCCNc2ncnc3c2CCCC3)nn1. The third-order valence-corrected chi connectivity index (χ3v) is 3.45. The van der Waals surface area contributed by atoms with Crippen molar-refractivity contribution in [1.82, 2.24) is 25.0 Å². The van der Waals surface area contributed by atoms with Gasteiger partial charge in [0.1, 0.15) is 12.1 Å². The van der Waals surface area contributed by atoms with Crippen molar-refractivity contribution in [1.29, 1.82) is 0 Å². The van der Waals surface area contributed by atoms with Gasteiger partial charge in [0.15, 0.2) is 0 Å². The third kappa shape index (κ3) is 2.89. The molecule has 0 radical (unpaired) electrons. The molecule has 2 aromatic rings. The summed E-state index contributed by atoms with van der Waals surface area (Å²) in [5.41, 5.74) is 2.54. The van der Waals surface area contributed by atoms with Crippen molar-refractivity contribution in [3.05, 3.63) is 30.0 Å². The number of rotatable bonds is 5. The molecular weight excluding hydrogens is 240 g/mol. The molecule has 2 heterocycles. The summed E-state index contributed by atoms with van der Waals surface area (Å²) in [6.45, 7) is 1.77. The molecule has 0 aromatic carbocycles. The summed E-state index contributed by atoms with van der Waals surface area (Å²) in [4.78, 5) is 8.74. The molecule has 0 atom stereocenters. The summed E-state index contributed by atoms with van der Waals surface area (Å²) in [6, 6.07) is 0. The maximum Gasteiger partial charge on any atom is 0.132 e. The van der Waals surface area contributed by atoms with Gasteiger partial charge in [-0.2, -0.15) is 0 Å². The number of nitrogens with one attached hydrogen (secondary N) is 1. The normalized spacial score (nSPS) is 14.1. The maximum atomic E-state index is 4.38. The van der Waals surface area contributed by atoms with Crippen molar-refractivity contribution in [2.75, 3.05) is 11.9 Å². The van der Waals surface area contributed by atoms with Gasteiger partial charge in [0, 0.05) is 30.5 Å². The first-order valence-corrected chi connectivity index (χ1v) is 6.84. The van der Waals surface area contributed by atoms with Crippen molar-refractivity contribution >= 4 is 5.82 Å². The molecular formula is C13H18N6. The van der Waals surface area contributed by atoms with E-state index in [0.29, 0.717) is 0 Å². The Kier molecular flexibility index (Phi) is 3.67. The first-order chi connectivity index (χ1) is 9.43. The minimum Gasteiger partial charge on any atom is -0.370 e. The van der Waals surface area contributed by atoms with Crippen LogP contribution in [0.5, 0.6) is 0 Å². The molecule has 0 saturated carbocycles. The van der Waals surface area contributed by atoms with E-state index in [9.17, 15) is 0 Å². The second-order valence-corrected chi connectivity index (χ2v) is 4.80. The number of hydrogen-bond donors (Lipinski definition) is 1. The molecule has 0 fully saturated rings. The zero-order valence-electron chi connectivity index (χ0n) is 10.9. The Morgan fingerprint density at radius 1 is 1.21 bits per heavy atom. The Bertz CT molecular complexity index is 522. The number of aryl methyl sites for hydroxylation is 2. The van der Waals surface area contributed by atoms with E-state index in [1.807, 2.05) is 10.9 Å². The molecule has 19 heavy (non-hydrogen) atoms. The number of nitrogens with zero attached hydrogens (tertiary/aromatic N) is 5. The van der Waals surface area contributed by atoms with E-state index < -0.39 is 0 Å². The van der Waals surface area contributed by atoms with Gasteiger partial charge in [-0.25, -0.2) is 9.97 Å². The Balaban J connectivity index is 1.55. The first kappa shape index (κ1) is 12.1. The first-order valence-electron chi connectivity index (χ1n) is 6.84. The molecule has 1 N–H and O–H groups in total. The van der Waals surface area contributed by atoms with Crippen molar-refractivity contribution in [2.24, 2.45) is 0 Å². The molecule has 1 aliphatic carbocycles. The number of hydrogen-bond acceptors (Lipinski definition) is 5. The van der Waals surface area contributed by atoms with Gasteiger partial charge in [-0.15, -0.1) is 5.10 Å². The van der Waals surface area contributed by atoms with Gasteiger partial charge in [0.25, 0.3) is 0 Å². The summed E-state index contributed by atoms with van der Waals surface area (Å²) < 4.78 is 1.84. The highest BCUT2D eigenvalue weighted by molar-refractivity contribution is 5.46. The summed E-state index contributed by atoms with van der Waals surface area (Å²) in [5.74, 6) is 1.02. The van der Waals surface area contributed by atoms with Crippen LogP contribution >= 0.6 is 0 Å². The van der Waals surface area contributed by atoms with E-state index in [1.54, 1.807) is 12.5 Å². The van der Waals surface area contributed by atoms with Crippen molar-refractivity contribution in [3.63, 3.8) is 0 Å². The molecule has 0 spiro atoms. The predicted molar refractivity (Wildman–Crippen MR) is 71.8 cm³/mol. The summed E-state index contributed by atoms with van der Waals surface area (Å²) in [7, 11) is 0. The van der Waals surface area contributed by atoms with Crippen LogP contribution in [0.1, 0.15) is 30.5 Å². The van der Waals surface area contributed by atoms with E-state index in [0.717, 1.165) is 38.2 Å². The van der Waals surface area contributed by atoms with Crippen LogP contribution < -0.4 is 5.32 Å². The minimum absolute atomic E-state index is 0.875. The number of aromatic nitrogens is 5. The molecule has 6 nitrogen and oxygen atoms in total. The van der Waals surface area contributed by atoms with Crippen LogP contribution in [-0.2, 0) is 19.4 Å². The van der Waals surface area contributed by atoms with Gasteiger partial charge >= 0.3 is 0 Å². The van der Waals surface area contributed by atoms with Crippen molar-refractivity contribution in [3.8, 4) is 0 Å². The van der Waals surface area contributed by atoms with E-state index in [4.69, 9.17) is 0 Å². The monoisotopic (exact) mass is 258 g/mol. The third-order valence-electron chi connectivity index (χ3n) is 3.45. The lowest BCUT2D eigenvalue weighted by atomic mass is 9.96. The fourth-order valence-corrected chi connectivity index (χ4v) is 2.47. The molecule has 0 bridgehead atoms. The highest BCUT2D eigenvalue weighted by Gasteiger charge is 2.14. The van der Waals surface area contributed by atoms with Gasteiger partial charge < -0.3 is 5.32 Å². The smallest absolute Gasteiger partial charge is 0.132 e. The fraction of sp³-hybridized carbons (Fsp3) is 0.538. The molecule has 3 rings (SSSR count). The second-order valence-electron chi connectivity index (χ2n) is 4.80. The Morgan fingerprint density at radius 3 is 3.05 bits per heavy atom. The maximum absolute atomic E-state index is 4.38. The standard InChI is InChI=1S/C13H18N6/c1-2-5-12-11(4-1)13(16-10-15-12)14-6-3-8-19-9-7-17-18-19/h7,9-10H,1-6,8H2,(H,14,15,16). The molecule has 0 saturated heterocycles. The van der Waals surface area contributed by atoms with Gasteiger partial charge in [-0.05, 0) is 32.1 Å². The average Bonchev–Trinajstić information content (AvgIpc) is 2.97. The molecule has 2 aromatic heterocycles. The van der Waals surface area contributed by atoms with Gasteiger partial charge in [0.2, 0.25) is 0 Å². The molecule has 6 heteroatoms. The largest absolute Gasteiger partial charge is 0.370 e. The Labute approximate surface area is 112 Å². The summed E-state index contributed by atoms with van der Waals surface area (Å²) in [6.07, 6.45) is 10.9. The average molecular weight is 258 g/mol. The number of anilines is 1. The molecule has 1 aliphatic rings. The summed E-state index contributed by atoms with van der Waals surface area (Å²) in [5, 5.41) is 11.2. The minimum atomic E-state index is 0.875. The quantitative estimate of drug-likeness (QED) is 0.822. The van der Waals surface area contributed by atoms with Crippen LogP contribution in [0.25, 0.3) is 0 Å². The lowest BCUT2D eigenvalue weighted by Gasteiger charge is -2.17. The lowest BCUT2D eigenvalue weighted by Crippen LogP contribution is -2.14. The van der Waals surface area contributed by atoms with Crippen LogP contribution in [0.4, 0.5) is 5.82 Å². The van der Waals surface area contributed by atoms with Gasteiger partial charge in [-0.1, -0.05) is 5.21 Å². The van der Waals surface area contributed by atoms with E-state index in [-0.39, 0.29) is 0 Å². The fourth-order valence-electron chi connectivity index (χ4n) is 2.47. The topological polar surface area (TPSA) is 68.5 Å². The van der Waals surface area contributed by atoms with Crippen LogP contribution in [0.3, 0.4) is 0 Å². The zero-order chi connectivity index (χ0) is 12.9. The highest BCUT2D eigenvalue weighted by Crippen LogP contribution is 2.24. The van der Waals surface area contributed by atoms with Gasteiger partial charge in [0.05, 0.1) is 6.20 Å².